The van der Waals surface area contributed by atoms with Crippen LogP contribution in [0.3, 0.4) is 0 Å². The molecule has 0 aromatic carbocycles. The summed E-state index contributed by atoms with van der Waals surface area (Å²) in [6.45, 7) is 0.729. The zero-order valence-corrected chi connectivity index (χ0v) is 12.3. The number of hydrogen-bond acceptors (Lipinski definition) is 1. The van der Waals surface area contributed by atoms with Crippen molar-refractivity contribution in [2.75, 3.05) is 0 Å². The van der Waals surface area contributed by atoms with E-state index in [2.05, 4.69) is 16.0 Å². The maximum atomic E-state index is 12.5. The number of aryl methyl sites for hydroxylation is 1. The third-order valence-corrected chi connectivity index (χ3v) is 4.56. The maximum absolute atomic E-state index is 12.5. The van der Waals surface area contributed by atoms with Crippen LogP contribution < -0.4 is 5.32 Å². The molecule has 0 spiro atoms. The van der Waals surface area contributed by atoms with Crippen molar-refractivity contribution in [3.63, 3.8) is 0 Å². The van der Waals surface area contributed by atoms with Gasteiger partial charge in [-0.1, -0.05) is 19.3 Å². The highest BCUT2D eigenvalue weighted by atomic mass is 16.2. The highest BCUT2D eigenvalue weighted by molar-refractivity contribution is 5.75. The fourth-order valence-corrected chi connectivity index (χ4v) is 3.09. The lowest BCUT2D eigenvalue weighted by Crippen LogP contribution is -2.46. The first-order valence-corrected chi connectivity index (χ1v) is 7.91. The molecule has 1 N–H and O–H groups in total. The first-order chi connectivity index (χ1) is 9.74. The first kappa shape index (κ1) is 13.5. The Morgan fingerprint density at radius 2 is 2.05 bits per heavy atom. The lowest BCUT2D eigenvalue weighted by atomic mass is 9.96. The van der Waals surface area contributed by atoms with Crippen LogP contribution in [0.1, 0.15) is 50.6 Å². The molecule has 2 fully saturated rings. The number of rotatable bonds is 4. The predicted molar refractivity (Wildman–Crippen MR) is 79.4 cm³/mol. The molecule has 4 heteroatoms. The van der Waals surface area contributed by atoms with Gasteiger partial charge in [0.25, 0.3) is 0 Å². The summed E-state index contributed by atoms with van der Waals surface area (Å²) in [5, 5.41) is 3.25. The second kappa shape index (κ2) is 5.90. The van der Waals surface area contributed by atoms with Gasteiger partial charge in [-0.15, -0.1) is 0 Å². The molecule has 2 amide bonds. The molecular weight excluding hydrogens is 250 g/mol. The summed E-state index contributed by atoms with van der Waals surface area (Å²) < 4.78 is 2.10. The van der Waals surface area contributed by atoms with Gasteiger partial charge in [0.05, 0.1) is 6.54 Å². The number of aromatic nitrogens is 1. The van der Waals surface area contributed by atoms with Gasteiger partial charge in [-0.05, 0) is 37.8 Å². The lowest BCUT2D eigenvalue weighted by molar-refractivity contribution is 0.183. The minimum atomic E-state index is 0.139. The molecule has 4 nitrogen and oxygen atoms in total. The van der Waals surface area contributed by atoms with Gasteiger partial charge in [-0.3, -0.25) is 0 Å². The van der Waals surface area contributed by atoms with Crippen molar-refractivity contribution in [3.8, 4) is 0 Å². The molecule has 0 bridgehead atoms. The van der Waals surface area contributed by atoms with E-state index in [-0.39, 0.29) is 6.03 Å². The van der Waals surface area contributed by atoms with E-state index in [9.17, 15) is 4.79 Å². The predicted octanol–water partition coefficient (Wildman–Crippen LogP) is 3.03. The van der Waals surface area contributed by atoms with Crippen LogP contribution in [-0.4, -0.2) is 27.6 Å². The van der Waals surface area contributed by atoms with Crippen molar-refractivity contribution in [3.05, 3.63) is 24.0 Å². The Balaban J connectivity index is 1.61. The summed E-state index contributed by atoms with van der Waals surface area (Å²) in [6, 6.07) is 5.13. The van der Waals surface area contributed by atoms with Crippen molar-refractivity contribution >= 4 is 6.03 Å². The Hall–Kier alpha value is -1.45. The van der Waals surface area contributed by atoms with Crippen LogP contribution in [0.2, 0.25) is 0 Å². The van der Waals surface area contributed by atoms with Gasteiger partial charge in [0.1, 0.15) is 0 Å². The molecular formula is C16H25N3O. The van der Waals surface area contributed by atoms with Gasteiger partial charge < -0.3 is 14.8 Å². The molecule has 3 rings (SSSR count). The van der Waals surface area contributed by atoms with E-state index in [1.54, 1.807) is 0 Å². The summed E-state index contributed by atoms with van der Waals surface area (Å²) in [4.78, 5) is 14.6. The van der Waals surface area contributed by atoms with Crippen molar-refractivity contribution in [2.24, 2.45) is 7.05 Å². The highest BCUT2D eigenvalue weighted by Crippen LogP contribution is 2.29. The Labute approximate surface area is 121 Å². The van der Waals surface area contributed by atoms with E-state index in [1.165, 1.54) is 25.0 Å². The maximum Gasteiger partial charge on any atom is 0.318 e. The number of hydrogen-bond donors (Lipinski definition) is 1. The van der Waals surface area contributed by atoms with Crippen LogP contribution in [0.5, 0.6) is 0 Å². The number of carbonyl (C=O) groups excluding carboxylic acids is 1. The first-order valence-electron chi connectivity index (χ1n) is 7.91. The van der Waals surface area contributed by atoms with Crippen LogP contribution in [0.25, 0.3) is 0 Å². The highest BCUT2D eigenvalue weighted by Gasteiger charge is 2.33. The van der Waals surface area contributed by atoms with Gasteiger partial charge in [-0.2, -0.15) is 0 Å². The average molecular weight is 275 g/mol. The monoisotopic (exact) mass is 275 g/mol. The lowest BCUT2D eigenvalue weighted by Gasteiger charge is -2.28. The Morgan fingerprint density at radius 3 is 2.65 bits per heavy atom. The number of urea groups is 1. The van der Waals surface area contributed by atoms with Crippen molar-refractivity contribution in [1.29, 1.82) is 0 Å². The van der Waals surface area contributed by atoms with Gasteiger partial charge in [-0.25, -0.2) is 4.79 Å². The summed E-state index contributed by atoms with van der Waals surface area (Å²) >= 11 is 0. The molecule has 1 aromatic heterocycles. The van der Waals surface area contributed by atoms with Gasteiger partial charge in [0, 0.05) is 31.0 Å². The molecule has 20 heavy (non-hydrogen) atoms. The Morgan fingerprint density at radius 1 is 1.30 bits per heavy atom. The quantitative estimate of drug-likeness (QED) is 0.901. The number of carbonyl (C=O) groups is 1. The fourth-order valence-electron chi connectivity index (χ4n) is 3.09. The SMILES string of the molecule is Cn1cccc1CN(C(=O)NC1CCCCC1)C1CC1. The van der Waals surface area contributed by atoms with Crippen LogP contribution in [-0.2, 0) is 13.6 Å². The van der Waals surface area contributed by atoms with E-state index in [0.29, 0.717) is 12.1 Å². The molecule has 110 valence electrons. The molecule has 2 aliphatic rings. The molecule has 0 aliphatic heterocycles. The van der Waals surface area contributed by atoms with E-state index < -0.39 is 0 Å². The number of nitrogens with zero attached hydrogens (tertiary/aromatic N) is 2. The molecule has 1 heterocycles. The van der Waals surface area contributed by atoms with E-state index in [1.807, 2.05) is 24.2 Å². The molecule has 2 saturated carbocycles. The topological polar surface area (TPSA) is 37.3 Å². The number of amides is 2. The van der Waals surface area contributed by atoms with Crippen molar-refractivity contribution < 1.29 is 4.79 Å². The van der Waals surface area contributed by atoms with Crippen LogP contribution in [0.4, 0.5) is 4.79 Å². The molecule has 0 radical (unpaired) electrons. The minimum Gasteiger partial charge on any atom is -0.353 e. The molecule has 1 aromatic rings. The van der Waals surface area contributed by atoms with E-state index in [0.717, 1.165) is 32.2 Å². The van der Waals surface area contributed by atoms with Crippen LogP contribution in [0, 0.1) is 0 Å². The fraction of sp³-hybridized carbons (Fsp3) is 0.688. The zero-order chi connectivity index (χ0) is 13.9. The molecule has 2 aliphatic carbocycles. The van der Waals surface area contributed by atoms with Gasteiger partial charge >= 0.3 is 6.03 Å². The van der Waals surface area contributed by atoms with Gasteiger partial charge in [0.15, 0.2) is 0 Å². The zero-order valence-electron chi connectivity index (χ0n) is 12.3. The van der Waals surface area contributed by atoms with E-state index >= 15 is 0 Å². The summed E-state index contributed by atoms with van der Waals surface area (Å²) in [5.74, 6) is 0. The molecule has 0 atom stereocenters. The van der Waals surface area contributed by atoms with Crippen molar-refractivity contribution in [2.45, 2.75) is 63.6 Å². The molecule has 0 unspecified atom stereocenters. The van der Waals surface area contributed by atoms with Crippen LogP contribution >= 0.6 is 0 Å². The van der Waals surface area contributed by atoms with Crippen molar-refractivity contribution in [1.82, 2.24) is 14.8 Å². The third-order valence-electron chi connectivity index (χ3n) is 4.56. The van der Waals surface area contributed by atoms with Crippen LogP contribution in [0.15, 0.2) is 18.3 Å². The summed E-state index contributed by atoms with van der Waals surface area (Å²) in [6.07, 6.45) is 10.5. The number of nitrogens with one attached hydrogen (secondary N) is 1. The van der Waals surface area contributed by atoms with E-state index in [4.69, 9.17) is 0 Å². The standard InChI is InChI=1S/C16H25N3O/c1-18-11-5-8-15(18)12-19(14-9-10-14)16(20)17-13-6-3-2-4-7-13/h5,8,11,13-14H,2-4,6-7,9-10,12H2,1H3,(H,17,20). The third kappa shape index (κ3) is 3.17. The normalized spacial score (nSPS) is 19.9. The summed E-state index contributed by atoms with van der Waals surface area (Å²) in [7, 11) is 2.04. The second-order valence-electron chi connectivity index (χ2n) is 6.25. The minimum absolute atomic E-state index is 0.139. The second-order valence-corrected chi connectivity index (χ2v) is 6.25. The smallest absolute Gasteiger partial charge is 0.318 e. The van der Waals surface area contributed by atoms with Gasteiger partial charge in [0.2, 0.25) is 0 Å². The summed E-state index contributed by atoms with van der Waals surface area (Å²) in [5.41, 5.74) is 1.20. The molecule has 0 saturated heterocycles. The Bertz CT molecular complexity index is 458. The average Bonchev–Trinajstić information content (AvgIpc) is 3.21. The largest absolute Gasteiger partial charge is 0.353 e. The Kier molecular flexibility index (Phi) is 3.99.